The van der Waals surface area contributed by atoms with Crippen LogP contribution in [0.3, 0.4) is 0 Å². The standard InChI is InChI=1S/C11H10ClFN2/c1-15-7-10(14-11(15)6-12)8-2-4-9(13)5-3-8/h2-5,7H,6H2,1H3. The number of nitrogens with zero attached hydrogens (tertiary/aromatic N) is 2. The van der Waals surface area contributed by atoms with Crippen LogP contribution in [0.15, 0.2) is 30.5 Å². The first-order valence-corrected chi connectivity index (χ1v) is 5.08. The van der Waals surface area contributed by atoms with Crippen LogP contribution in [0.25, 0.3) is 11.3 Å². The van der Waals surface area contributed by atoms with Crippen molar-refractivity contribution in [1.29, 1.82) is 0 Å². The molecular formula is C11H10ClFN2. The second kappa shape index (κ2) is 4.03. The van der Waals surface area contributed by atoms with Gasteiger partial charge in [-0.1, -0.05) is 0 Å². The summed E-state index contributed by atoms with van der Waals surface area (Å²) in [5, 5.41) is 0. The van der Waals surface area contributed by atoms with Gasteiger partial charge in [0, 0.05) is 18.8 Å². The Morgan fingerprint density at radius 3 is 2.53 bits per heavy atom. The van der Waals surface area contributed by atoms with Gasteiger partial charge in [-0.3, -0.25) is 0 Å². The molecule has 0 atom stereocenters. The Kier molecular flexibility index (Phi) is 2.73. The van der Waals surface area contributed by atoms with E-state index in [-0.39, 0.29) is 5.82 Å². The molecule has 0 aliphatic rings. The highest BCUT2D eigenvalue weighted by Crippen LogP contribution is 2.19. The molecule has 0 amide bonds. The Morgan fingerprint density at radius 1 is 1.33 bits per heavy atom. The van der Waals surface area contributed by atoms with Crippen molar-refractivity contribution in [3.8, 4) is 11.3 Å². The highest BCUT2D eigenvalue weighted by molar-refractivity contribution is 6.16. The maximum atomic E-state index is 12.7. The van der Waals surface area contributed by atoms with Crippen LogP contribution in [-0.2, 0) is 12.9 Å². The van der Waals surface area contributed by atoms with Crippen LogP contribution >= 0.6 is 11.6 Å². The Bertz CT molecular complexity index is 462. The summed E-state index contributed by atoms with van der Waals surface area (Å²) in [6.45, 7) is 0. The number of benzene rings is 1. The van der Waals surface area contributed by atoms with E-state index in [1.54, 1.807) is 12.1 Å². The number of aromatic nitrogens is 2. The van der Waals surface area contributed by atoms with Gasteiger partial charge in [0.15, 0.2) is 0 Å². The van der Waals surface area contributed by atoms with Crippen LogP contribution in [0, 0.1) is 5.82 Å². The van der Waals surface area contributed by atoms with Crippen molar-refractivity contribution >= 4 is 11.6 Å². The summed E-state index contributed by atoms with van der Waals surface area (Å²) in [5.74, 6) is 0.931. The van der Waals surface area contributed by atoms with Crippen molar-refractivity contribution in [1.82, 2.24) is 9.55 Å². The molecule has 0 aliphatic heterocycles. The van der Waals surface area contributed by atoms with Crippen molar-refractivity contribution in [2.45, 2.75) is 5.88 Å². The number of imidazole rings is 1. The second-order valence-corrected chi connectivity index (χ2v) is 3.56. The maximum Gasteiger partial charge on any atom is 0.124 e. The highest BCUT2D eigenvalue weighted by Gasteiger charge is 2.05. The molecule has 1 heterocycles. The van der Waals surface area contributed by atoms with Crippen LogP contribution in [-0.4, -0.2) is 9.55 Å². The van der Waals surface area contributed by atoms with Gasteiger partial charge >= 0.3 is 0 Å². The Hall–Kier alpha value is -1.35. The van der Waals surface area contributed by atoms with Crippen LogP contribution in [0.2, 0.25) is 0 Å². The monoisotopic (exact) mass is 224 g/mol. The summed E-state index contributed by atoms with van der Waals surface area (Å²) in [4.78, 5) is 4.34. The van der Waals surface area contributed by atoms with Gasteiger partial charge in [-0.2, -0.15) is 0 Å². The quantitative estimate of drug-likeness (QED) is 0.718. The molecule has 0 bridgehead atoms. The van der Waals surface area contributed by atoms with E-state index in [4.69, 9.17) is 11.6 Å². The van der Waals surface area contributed by atoms with Crippen LogP contribution in [0.1, 0.15) is 5.82 Å². The van der Waals surface area contributed by atoms with Crippen molar-refractivity contribution in [3.05, 3.63) is 42.1 Å². The zero-order valence-electron chi connectivity index (χ0n) is 8.24. The van der Waals surface area contributed by atoms with Crippen molar-refractivity contribution in [2.24, 2.45) is 7.05 Å². The fourth-order valence-corrected chi connectivity index (χ4v) is 1.64. The fourth-order valence-electron chi connectivity index (χ4n) is 1.39. The summed E-state index contributed by atoms with van der Waals surface area (Å²) >= 11 is 5.71. The molecule has 4 heteroatoms. The lowest BCUT2D eigenvalue weighted by atomic mass is 10.2. The van der Waals surface area contributed by atoms with Crippen molar-refractivity contribution < 1.29 is 4.39 Å². The molecule has 1 aromatic carbocycles. The third kappa shape index (κ3) is 2.02. The number of hydrogen-bond donors (Lipinski definition) is 0. The molecule has 0 saturated heterocycles. The average Bonchev–Trinajstić information content (AvgIpc) is 2.61. The Labute approximate surface area is 92.3 Å². The minimum Gasteiger partial charge on any atom is -0.336 e. The molecule has 0 radical (unpaired) electrons. The molecule has 0 aliphatic carbocycles. The first-order chi connectivity index (χ1) is 7.20. The van der Waals surface area contributed by atoms with Gasteiger partial charge in [-0.25, -0.2) is 9.37 Å². The van der Waals surface area contributed by atoms with E-state index in [0.29, 0.717) is 5.88 Å². The van der Waals surface area contributed by atoms with E-state index < -0.39 is 0 Å². The van der Waals surface area contributed by atoms with Crippen LogP contribution in [0.5, 0.6) is 0 Å². The lowest BCUT2D eigenvalue weighted by molar-refractivity contribution is 0.628. The average molecular weight is 225 g/mol. The van der Waals surface area contributed by atoms with Gasteiger partial charge < -0.3 is 4.57 Å². The van der Waals surface area contributed by atoms with Crippen molar-refractivity contribution in [2.75, 3.05) is 0 Å². The first-order valence-electron chi connectivity index (χ1n) is 4.55. The summed E-state index contributed by atoms with van der Waals surface area (Å²) in [6, 6.07) is 6.25. The maximum absolute atomic E-state index is 12.7. The summed E-state index contributed by atoms with van der Waals surface area (Å²) in [7, 11) is 1.89. The summed E-state index contributed by atoms with van der Waals surface area (Å²) in [5.41, 5.74) is 1.71. The van der Waals surface area contributed by atoms with Crippen LogP contribution < -0.4 is 0 Å². The number of halogens is 2. The van der Waals surface area contributed by atoms with E-state index >= 15 is 0 Å². The lowest BCUT2D eigenvalue weighted by Gasteiger charge is -1.94. The highest BCUT2D eigenvalue weighted by atomic mass is 35.5. The zero-order chi connectivity index (χ0) is 10.8. The molecule has 2 aromatic rings. The van der Waals surface area contributed by atoms with E-state index in [2.05, 4.69) is 4.98 Å². The third-order valence-corrected chi connectivity index (χ3v) is 2.47. The van der Waals surface area contributed by atoms with E-state index in [9.17, 15) is 4.39 Å². The fraction of sp³-hybridized carbons (Fsp3) is 0.182. The topological polar surface area (TPSA) is 17.8 Å². The zero-order valence-corrected chi connectivity index (χ0v) is 9.00. The molecule has 2 rings (SSSR count). The molecule has 2 nitrogen and oxygen atoms in total. The van der Waals surface area contributed by atoms with Crippen molar-refractivity contribution in [3.63, 3.8) is 0 Å². The lowest BCUT2D eigenvalue weighted by Crippen LogP contribution is -1.91. The molecule has 0 N–H and O–H groups in total. The third-order valence-electron chi connectivity index (χ3n) is 2.23. The predicted octanol–water partition coefficient (Wildman–Crippen LogP) is 2.97. The molecular weight excluding hydrogens is 215 g/mol. The smallest absolute Gasteiger partial charge is 0.124 e. The van der Waals surface area contributed by atoms with Crippen LogP contribution in [0.4, 0.5) is 4.39 Å². The van der Waals surface area contributed by atoms with E-state index in [1.807, 2.05) is 17.8 Å². The summed E-state index contributed by atoms with van der Waals surface area (Å²) in [6.07, 6.45) is 1.88. The number of hydrogen-bond acceptors (Lipinski definition) is 1. The Morgan fingerprint density at radius 2 is 2.00 bits per heavy atom. The minimum atomic E-state index is -0.243. The van der Waals surface area contributed by atoms with Gasteiger partial charge in [0.1, 0.15) is 11.6 Å². The molecule has 0 saturated carbocycles. The number of rotatable bonds is 2. The largest absolute Gasteiger partial charge is 0.336 e. The molecule has 78 valence electrons. The normalized spacial score (nSPS) is 10.6. The number of aryl methyl sites for hydroxylation is 1. The van der Waals surface area contributed by atoms with Gasteiger partial charge in [0.25, 0.3) is 0 Å². The SMILES string of the molecule is Cn1cc(-c2ccc(F)cc2)nc1CCl. The molecule has 0 spiro atoms. The second-order valence-electron chi connectivity index (χ2n) is 3.29. The van der Waals surface area contributed by atoms with E-state index in [1.165, 1.54) is 12.1 Å². The minimum absolute atomic E-state index is 0.243. The molecule has 1 aromatic heterocycles. The molecule has 0 unspecified atom stereocenters. The van der Waals surface area contributed by atoms with Gasteiger partial charge in [0.05, 0.1) is 11.6 Å². The number of alkyl halides is 1. The molecule has 15 heavy (non-hydrogen) atoms. The van der Waals surface area contributed by atoms with Gasteiger partial charge in [-0.15, -0.1) is 11.6 Å². The summed E-state index contributed by atoms with van der Waals surface area (Å²) < 4.78 is 14.6. The first kappa shape index (κ1) is 10.2. The van der Waals surface area contributed by atoms with Gasteiger partial charge in [-0.05, 0) is 24.3 Å². The molecule has 0 fully saturated rings. The Balaban J connectivity index is 2.41. The predicted molar refractivity (Wildman–Crippen MR) is 58.2 cm³/mol. The van der Waals surface area contributed by atoms with E-state index in [0.717, 1.165) is 17.1 Å². The van der Waals surface area contributed by atoms with Gasteiger partial charge in [0.2, 0.25) is 0 Å².